The van der Waals surface area contributed by atoms with Crippen LogP contribution < -0.4 is 5.32 Å². The maximum Gasteiger partial charge on any atom is 0.305 e. The monoisotopic (exact) mass is 572 g/mol. The Kier molecular flexibility index (Phi) is 9.61. The molecule has 2 aromatic heterocycles. The van der Waals surface area contributed by atoms with Crippen molar-refractivity contribution in [3.05, 3.63) is 95.8 Å². The fourth-order valence-electron chi connectivity index (χ4n) is 4.84. The van der Waals surface area contributed by atoms with Gasteiger partial charge in [-0.2, -0.15) is 0 Å². The van der Waals surface area contributed by atoms with Gasteiger partial charge in [-0.3, -0.25) is 14.9 Å². The van der Waals surface area contributed by atoms with Gasteiger partial charge in [-0.05, 0) is 56.2 Å². The number of amides is 1. The highest BCUT2D eigenvalue weighted by atomic mass is 19.1. The lowest BCUT2D eigenvalue weighted by Gasteiger charge is -2.17. The Bertz CT molecular complexity index is 1580. The fourth-order valence-corrected chi connectivity index (χ4v) is 4.84. The third-order valence-electron chi connectivity index (χ3n) is 6.59. The number of carboxylic acid groups (broad SMARTS) is 1. The van der Waals surface area contributed by atoms with Crippen LogP contribution >= 0.6 is 0 Å². The van der Waals surface area contributed by atoms with Gasteiger partial charge in [0.1, 0.15) is 11.5 Å². The topological polar surface area (TPSA) is 138 Å². The standard InChI is InChI=1S/C32H33FN4O5/c1-19(2)37-26(14-13-24(38)17-25(39)18-27(40)41)28(22-9-11-23(33)12-10-22)29(21-7-5-4-6-8-21)30(37)31(42)36-32-34-16-15-20(3)35-32/h4-16,19,24-25,38-39H,17-18H2,1-3H3,(H,40,41)(H,34,35,36,42)/b14-13+/t24-,25-/m1/s1. The molecule has 0 saturated heterocycles. The molecule has 0 fully saturated rings. The summed E-state index contributed by atoms with van der Waals surface area (Å²) >= 11 is 0. The van der Waals surface area contributed by atoms with Crippen LogP contribution in [0.15, 0.2) is 72.9 Å². The minimum Gasteiger partial charge on any atom is -0.481 e. The second kappa shape index (κ2) is 13.3. The molecule has 10 heteroatoms. The molecule has 9 nitrogen and oxygen atoms in total. The van der Waals surface area contributed by atoms with Gasteiger partial charge in [0.15, 0.2) is 0 Å². The van der Waals surface area contributed by atoms with Gasteiger partial charge in [0.25, 0.3) is 5.91 Å². The predicted octanol–water partition coefficient (Wildman–Crippen LogP) is 5.49. The number of hydrogen-bond acceptors (Lipinski definition) is 6. The van der Waals surface area contributed by atoms with Crippen LogP contribution in [0.5, 0.6) is 0 Å². The number of nitrogens with zero attached hydrogens (tertiary/aromatic N) is 3. The van der Waals surface area contributed by atoms with Crippen LogP contribution in [0.4, 0.5) is 10.3 Å². The Morgan fingerprint density at radius 2 is 1.67 bits per heavy atom. The first-order chi connectivity index (χ1) is 20.0. The first-order valence-electron chi connectivity index (χ1n) is 13.5. The summed E-state index contributed by atoms with van der Waals surface area (Å²) in [7, 11) is 0. The molecule has 0 radical (unpaired) electrons. The number of nitrogens with one attached hydrogen (secondary N) is 1. The van der Waals surface area contributed by atoms with Crippen LogP contribution in [0, 0.1) is 12.7 Å². The summed E-state index contributed by atoms with van der Waals surface area (Å²) in [4.78, 5) is 33.5. The minimum atomic E-state index is -1.24. The van der Waals surface area contributed by atoms with Gasteiger partial charge in [-0.15, -0.1) is 0 Å². The molecule has 0 aliphatic carbocycles. The summed E-state index contributed by atoms with van der Waals surface area (Å²) in [6, 6.07) is 16.7. The van der Waals surface area contributed by atoms with Crippen molar-refractivity contribution in [1.82, 2.24) is 14.5 Å². The van der Waals surface area contributed by atoms with Gasteiger partial charge in [0.2, 0.25) is 5.95 Å². The summed E-state index contributed by atoms with van der Waals surface area (Å²) in [6.45, 7) is 5.61. The molecule has 1 amide bonds. The molecule has 0 aliphatic heterocycles. The van der Waals surface area contributed by atoms with Crippen molar-refractivity contribution in [2.24, 2.45) is 0 Å². The number of aliphatic hydroxyl groups excluding tert-OH is 2. The summed E-state index contributed by atoms with van der Waals surface area (Å²) in [5.41, 5.74) is 4.12. The molecule has 0 bridgehead atoms. The Hall–Kier alpha value is -4.67. The lowest BCUT2D eigenvalue weighted by Crippen LogP contribution is -2.21. The zero-order valence-electron chi connectivity index (χ0n) is 23.5. The van der Waals surface area contributed by atoms with Crippen LogP contribution in [-0.4, -0.2) is 53.9 Å². The van der Waals surface area contributed by atoms with E-state index < -0.39 is 36.3 Å². The molecule has 4 rings (SSSR count). The van der Waals surface area contributed by atoms with E-state index in [2.05, 4.69) is 15.3 Å². The minimum absolute atomic E-state index is 0.138. The summed E-state index contributed by atoms with van der Waals surface area (Å²) in [5, 5.41) is 32.5. The Labute approximate surface area is 243 Å². The van der Waals surface area contributed by atoms with Gasteiger partial charge in [0.05, 0.1) is 18.6 Å². The Morgan fingerprint density at radius 3 is 2.29 bits per heavy atom. The first-order valence-corrected chi connectivity index (χ1v) is 13.5. The average molecular weight is 573 g/mol. The third kappa shape index (κ3) is 7.15. The van der Waals surface area contributed by atoms with Crippen molar-refractivity contribution in [1.29, 1.82) is 0 Å². The van der Waals surface area contributed by atoms with E-state index in [1.165, 1.54) is 18.2 Å². The highest BCUT2D eigenvalue weighted by molar-refractivity contribution is 6.11. The number of aliphatic carboxylic acids is 1. The number of carbonyl (C=O) groups is 2. The Morgan fingerprint density at radius 1 is 1.00 bits per heavy atom. The number of carbonyl (C=O) groups excluding carboxylic acids is 1. The maximum absolute atomic E-state index is 14.0. The fraction of sp³-hybridized carbons (Fsp3) is 0.250. The third-order valence-corrected chi connectivity index (χ3v) is 6.59. The van der Waals surface area contributed by atoms with Gasteiger partial charge in [-0.25, -0.2) is 14.4 Å². The highest BCUT2D eigenvalue weighted by Gasteiger charge is 2.30. The molecule has 4 N–H and O–H groups in total. The summed E-state index contributed by atoms with van der Waals surface area (Å²) in [6.07, 6.45) is 1.53. The molecule has 2 heterocycles. The molecule has 0 spiro atoms. The number of hydrogen-bond donors (Lipinski definition) is 4. The number of aryl methyl sites for hydroxylation is 1. The van der Waals surface area contributed by atoms with Gasteiger partial charge < -0.3 is 19.9 Å². The molecule has 0 unspecified atom stereocenters. The van der Waals surface area contributed by atoms with E-state index in [4.69, 9.17) is 5.11 Å². The summed E-state index contributed by atoms with van der Waals surface area (Å²) < 4.78 is 15.8. The van der Waals surface area contributed by atoms with E-state index in [1.54, 1.807) is 37.4 Å². The molecule has 2 atom stereocenters. The van der Waals surface area contributed by atoms with E-state index in [1.807, 2.05) is 48.7 Å². The number of anilines is 1. The van der Waals surface area contributed by atoms with Gasteiger partial charge in [0, 0.05) is 41.2 Å². The molecule has 2 aromatic carbocycles. The smallest absolute Gasteiger partial charge is 0.305 e. The second-order valence-corrected chi connectivity index (χ2v) is 10.2. The van der Waals surface area contributed by atoms with E-state index in [0.29, 0.717) is 33.8 Å². The lowest BCUT2D eigenvalue weighted by molar-refractivity contribution is -0.139. The second-order valence-electron chi connectivity index (χ2n) is 10.2. The van der Waals surface area contributed by atoms with Crippen LogP contribution in [0.1, 0.15) is 54.6 Å². The van der Waals surface area contributed by atoms with Crippen molar-refractivity contribution in [2.75, 3.05) is 5.32 Å². The van der Waals surface area contributed by atoms with Crippen LogP contribution in [-0.2, 0) is 4.79 Å². The maximum atomic E-state index is 14.0. The average Bonchev–Trinajstić information content (AvgIpc) is 3.28. The van der Waals surface area contributed by atoms with Crippen molar-refractivity contribution in [3.63, 3.8) is 0 Å². The SMILES string of the molecule is Cc1ccnc(NC(=O)c2c(-c3ccccc3)c(-c3ccc(F)cc3)c(/C=C/[C@@H](O)C[C@@H](O)CC(=O)O)n2C(C)C)n1. The molecular weight excluding hydrogens is 539 g/mol. The van der Waals surface area contributed by atoms with Crippen molar-refractivity contribution < 1.29 is 29.3 Å². The van der Waals surface area contributed by atoms with Gasteiger partial charge in [-0.1, -0.05) is 48.5 Å². The number of rotatable bonds is 11. The number of halogens is 1. The van der Waals surface area contributed by atoms with Crippen LogP contribution in [0.3, 0.4) is 0 Å². The van der Waals surface area contributed by atoms with Crippen LogP contribution in [0.2, 0.25) is 0 Å². The zero-order valence-corrected chi connectivity index (χ0v) is 23.5. The highest BCUT2D eigenvalue weighted by Crippen LogP contribution is 2.42. The van der Waals surface area contributed by atoms with Crippen molar-refractivity contribution in [2.45, 2.75) is 51.9 Å². The molecule has 4 aromatic rings. The quantitative estimate of drug-likeness (QED) is 0.186. The van der Waals surface area contributed by atoms with E-state index in [9.17, 15) is 24.2 Å². The van der Waals surface area contributed by atoms with Crippen molar-refractivity contribution >= 4 is 23.9 Å². The van der Waals surface area contributed by atoms with Gasteiger partial charge >= 0.3 is 5.97 Å². The first kappa shape index (κ1) is 30.3. The number of benzene rings is 2. The number of aromatic nitrogens is 3. The van der Waals surface area contributed by atoms with E-state index in [0.717, 1.165) is 5.56 Å². The summed E-state index contributed by atoms with van der Waals surface area (Å²) in [5.74, 6) is -1.92. The van der Waals surface area contributed by atoms with Crippen molar-refractivity contribution in [3.8, 4) is 22.3 Å². The zero-order chi connectivity index (χ0) is 30.4. The largest absolute Gasteiger partial charge is 0.481 e. The molecule has 218 valence electrons. The molecular formula is C32H33FN4O5. The van der Waals surface area contributed by atoms with E-state index >= 15 is 0 Å². The predicted molar refractivity (Wildman–Crippen MR) is 158 cm³/mol. The van der Waals surface area contributed by atoms with E-state index in [-0.39, 0.29) is 18.4 Å². The number of aliphatic hydroxyl groups is 2. The number of carboxylic acids is 1. The Balaban J connectivity index is 1.96. The molecule has 0 aliphatic rings. The normalized spacial score (nSPS) is 12.9. The van der Waals surface area contributed by atoms with Crippen LogP contribution in [0.25, 0.3) is 28.3 Å². The lowest BCUT2D eigenvalue weighted by atomic mass is 9.94. The molecule has 42 heavy (non-hydrogen) atoms. The molecule has 0 saturated carbocycles.